The first-order valence-electron chi connectivity index (χ1n) is 5.48. The van der Waals surface area contributed by atoms with Crippen molar-refractivity contribution >= 4 is 12.0 Å². The molecular formula is C13H15NO2S. The summed E-state index contributed by atoms with van der Waals surface area (Å²) in [5.41, 5.74) is 1.98. The summed E-state index contributed by atoms with van der Waals surface area (Å²) >= 11 is 1.37. The molecule has 2 rings (SSSR count). The smallest absolute Gasteiger partial charge is 0.226 e. The zero-order valence-corrected chi connectivity index (χ0v) is 10.8. The number of aryl methyl sites for hydroxylation is 1. The second-order valence-electron chi connectivity index (χ2n) is 3.63. The molecule has 0 aliphatic carbocycles. The molecule has 0 saturated carbocycles. The third-order valence-corrected chi connectivity index (χ3v) is 2.86. The molecule has 0 spiro atoms. The van der Waals surface area contributed by atoms with E-state index in [2.05, 4.69) is 4.98 Å². The van der Waals surface area contributed by atoms with Crippen molar-refractivity contribution in [2.75, 3.05) is 12.9 Å². The van der Waals surface area contributed by atoms with Crippen LogP contribution in [-0.2, 0) is 10.6 Å². The molecule has 0 saturated heterocycles. The quantitative estimate of drug-likeness (QED) is 0.600. The second-order valence-corrected chi connectivity index (χ2v) is 4.20. The molecule has 0 bridgehead atoms. The van der Waals surface area contributed by atoms with Crippen molar-refractivity contribution in [1.29, 1.82) is 0 Å². The van der Waals surface area contributed by atoms with Crippen LogP contribution < -0.4 is 0 Å². The highest BCUT2D eigenvalue weighted by Gasteiger charge is 2.10. The Morgan fingerprint density at radius 1 is 1.29 bits per heavy atom. The molecule has 2 aromatic rings. The van der Waals surface area contributed by atoms with E-state index in [0.717, 1.165) is 23.4 Å². The number of hydrogen-bond acceptors (Lipinski definition) is 4. The molecule has 0 amide bonds. The first-order valence-corrected chi connectivity index (χ1v) is 6.63. The minimum absolute atomic E-state index is 0.656. The van der Waals surface area contributed by atoms with Crippen molar-refractivity contribution in [2.45, 2.75) is 13.3 Å². The lowest BCUT2D eigenvalue weighted by molar-refractivity contribution is 0.378. The Bertz CT molecular complexity index is 468. The Morgan fingerprint density at radius 3 is 2.76 bits per heavy atom. The van der Waals surface area contributed by atoms with Gasteiger partial charge in [-0.1, -0.05) is 18.2 Å². The average Bonchev–Trinajstić information content (AvgIpc) is 2.73. The molecule has 17 heavy (non-hydrogen) atoms. The van der Waals surface area contributed by atoms with E-state index in [9.17, 15) is 0 Å². The number of benzene rings is 1. The predicted molar refractivity (Wildman–Crippen MR) is 69.8 cm³/mol. The summed E-state index contributed by atoms with van der Waals surface area (Å²) in [5, 5.41) is 0. The van der Waals surface area contributed by atoms with Gasteiger partial charge in [0.25, 0.3) is 0 Å². The molecule has 90 valence electrons. The van der Waals surface area contributed by atoms with E-state index in [1.807, 2.05) is 43.5 Å². The van der Waals surface area contributed by atoms with Crippen molar-refractivity contribution in [2.24, 2.45) is 0 Å². The van der Waals surface area contributed by atoms with Crippen LogP contribution in [-0.4, -0.2) is 17.8 Å². The van der Waals surface area contributed by atoms with Crippen LogP contribution in [0.4, 0.5) is 0 Å². The van der Waals surface area contributed by atoms with Gasteiger partial charge >= 0.3 is 0 Å². The van der Waals surface area contributed by atoms with Crippen LogP contribution in [0.5, 0.6) is 0 Å². The van der Waals surface area contributed by atoms with Crippen LogP contribution >= 0.6 is 12.0 Å². The first-order chi connectivity index (χ1) is 8.31. The monoisotopic (exact) mass is 249 g/mol. The van der Waals surface area contributed by atoms with Gasteiger partial charge in [-0.3, -0.25) is 0 Å². The molecule has 0 unspecified atom stereocenters. The number of aromatic nitrogens is 1. The van der Waals surface area contributed by atoms with Crippen LogP contribution in [0.3, 0.4) is 0 Å². The number of nitrogens with zero attached hydrogens (tertiary/aromatic N) is 1. The summed E-state index contributed by atoms with van der Waals surface area (Å²) in [5.74, 6) is 1.55. The maximum absolute atomic E-state index is 5.66. The Morgan fingerprint density at radius 2 is 2.06 bits per heavy atom. The maximum Gasteiger partial charge on any atom is 0.226 e. The van der Waals surface area contributed by atoms with Crippen molar-refractivity contribution < 1.29 is 8.60 Å². The summed E-state index contributed by atoms with van der Waals surface area (Å²) in [6.45, 7) is 2.59. The number of oxazole rings is 1. The van der Waals surface area contributed by atoms with E-state index < -0.39 is 0 Å². The molecule has 1 heterocycles. The molecule has 0 radical (unpaired) electrons. The third kappa shape index (κ3) is 3.11. The summed E-state index contributed by atoms with van der Waals surface area (Å²) < 4.78 is 10.9. The molecular weight excluding hydrogens is 234 g/mol. The van der Waals surface area contributed by atoms with Gasteiger partial charge in [-0.15, -0.1) is 0 Å². The lowest BCUT2D eigenvalue weighted by Crippen LogP contribution is -1.95. The van der Waals surface area contributed by atoms with Gasteiger partial charge in [-0.25, -0.2) is 4.98 Å². The molecule has 1 aromatic carbocycles. The Balaban J connectivity index is 2.13. The minimum atomic E-state index is 0.656. The van der Waals surface area contributed by atoms with Gasteiger partial charge in [0.1, 0.15) is 5.76 Å². The van der Waals surface area contributed by atoms with Crippen LogP contribution in [0.15, 0.2) is 34.7 Å². The maximum atomic E-state index is 5.66. The first kappa shape index (κ1) is 12.2. The second kappa shape index (κ2) is 5.89. The lowest BCUT2D eigenvalue weighted by atomic mass is 10.2. The molecule has 3 nitrogen and oxygen atoms in total. The zero-order chi connectivity index (χ0) is 12.1. The van der Waals surface area contributed by atoms with Gasteiger partial charge in [0.2, 0.25) is 5.89 Å². The lowest BCUT2D eigenvalue weighted by Gasteiger charge is -1.96. The van der Waals surface area contributed by atoms with E-state index in [-0.39, 0.29) is 0 Å². The van der Waals surface area contributed by atoms with Gasteiger partial charge in [-0.2, -0.15) is 0 Å². The largest absolute Gasteiger partial charge is 0.441 e. The van der Waals surface area contributed by atoms with Gasteiger partial charge < -0.3 is 8.60 Å². The summed E-state index contributed by atoms with van der Waals surface area (Å²) in [6, 6.07) is 9.92. The van der Waals surface area contributed by atoms with E-state index in [1.165, 1.54) is 12.0 Å². The molecule has 4 heteroatoms. The topological polar surface area (TPSA) is 35.3 Å². The van der Waals surface area contributed by atoms with Crippen molar-refractivity contribution in [3.8, 4) is 11.5 Å². The summed E-state index contributed by atoms with van der Waals surface area (Å²) in [4.78, 5) is 4.50. The molecule has 0 N–H and O–H groups in total. The van der Waals surface area contributed by atoms with Crippen LogP contribution in [0.1, 0.15) is 11.5 Å². The van der Waals surface area contributed by atoms with Crippen molar-refractivity contribution in [3.05, 3.63) is 41.8 Å². The van der Waals surface area contributed by atoms with Gasteiger partial charge in [0.05, 0.1) is 12.3 Å². The molecule has 0 aliphatic rings. The fourth-order valence-electron chi connectivity index (χ4n) is 1.59. The zero-order valence-electron chi connectivity index (χ0n) is 9.97. The van der Waals surface area contributed by atoms with Crippen LogP contribution in [0, 0.1) is 6.92 Å². The van der Waals surface area contributed by atoms with Gasteiger partial charge in [-0.05, 0) is 31.1 Å². The third-order valence-electron chi connectivity index (χ3n) is 2.45. The van der Waals surface area contributed by atoms with E-state index in [1.54, 1.807) is 0 Å². The van der Waals surface area contributed by atoms with Crippen molar-refractivity contribution in [1.82, 2.24) is 4.98 Å². The van der Waals surface area contributed by atoms with Crippen molar-refractivity contribution in [3.63, 3.8) is 0 Å². The van der Waals surface area contributed by atoms with Gasteiger partial charge in [0, 0.05) is 18.2 Å². The molecule has 0 atom stereocenters. The molecule has 0 aliphatic heterocycles. The van der Waals surface area contributed by atoms with E-state index in [4.69, 9.17) is 8.60 Å². The Labute approximate surface area is 105 Å². The highest BCUT2D eigenvalue weighted by molar-refractivity contribution is 7.93. The highest BCUT2D eigenvalue weighted by atomic mass is 32.2. The highest BCUT2D eigenvalue weighted by Crippen LogP contribution is 2.21. The fraction of sp³-hybridized carbons (Fsp3) is 0.308. The summed E-state index contributed by atoms with van der Waals surface area (Å²) in [6.07, 6.45) is 2.69. The Kier molecular flexibility index (Phi) is 4.23. The normalized spacial score (nSPS) is 10.7. The Hall–Kier alpha value is -1.26. The van der Waals surface area contributed by atoms with E-state index >= 15 is 0 Å². The molecule has 1 aromatic heterocycles. The molecule has 0 fully saturated rings. The standard InChI is InChI=1S/C13H15NO2S/c1-10-12(8-9-15-17-2)14-13(16-10)11-6-4-3-5-7-11/h3-7H,8-9H2,1-2H3. The number of rotatable bonds is 5. The summed E-state index contributed by atoms with van der Waals surface area (Å²) in [7, 11) is 0. The number of hydrogen-bond donors (Lipinski definition) is 0. The van der Waals surface area contributed by atoms with Crippen LogP contribution in [0.25, 0.3) is 11.5 Å². The van der Waals surface area contributed by atoms with Crippen LogP contribution in [0.2, 0.25) is 0 Å². The average molecular weight is 249 g/mol. The van der Waals surface area contributed by atoms with E-state index in [0.29, 0.717) is 12.5 Å². The SMILES string of the molecule is CSOCCc1nc(-c2ccccc2)oc1C. The minimum Gasteiger partial charge on any atom is -0.441 e. The van der Waals surface area contributed by atoms with Gasteiger partial charge in [0.15, 0.2) is 0 Å². The predicted octanol–water partition coefficient (Wildman–Crippen LogP) is 3.49. The fourth-order valence-corrected chi connectivity index (χ4v) is 1.84.